The summed E-state index contributed by atoms with van der Waals surface area (Å²) in [6, 6.07) is 0. The summed E-state index contributed by atoms with van der Waals surface area (Å²) in [5, 5.41) is 3.46. The lowest BCUT2D eigenvalue weighted by Gasteiger charge is -2.32. The molecule has 2 unspecified atom stereocenters. The number of nitrogens with zero attached hydrogens (tertiary/aromatic N) is 2. The highest BCUT2D eigenvalue weighted by atomic mass is 15.1. The zero-order chi connectivity index (χ0) is 12.1. The van der Waals surface area contributed by atoms with Gasteiger partial charge in [-0.05, 0) is 77.8 Å². The maximum Gasteiger partial charge on any atom is 0.00188 e. The van der Waals surface area contributed by atoms with Crippen molar-refractivity contribution >= 4 is 0 Å². The van der Waals surface area contributed by atoms with Gasteiger partial charge in [0.1, 0.15) is 0 Å². The molecule has 0 aliphatic carbocycles. The molecule has 1 N–H and O–H groups in total. The van der Waals surface area contributed by atoms with E-state index in [9.17, 15) is 0 Å². The smallest absolute Gasteiger partial charge is 0.00188 e. The fourth-order valence-corrected chi connectivity index (χ4v) is 3.32. The molecule has 2 aliphatic heterocycles. The van der Waals surface area contributed by atoms with Crippen molar-refractivity contribution < 1.29 is 0 Å². The molecule has 2 saturated heterocycles. The highest BCUT2D eigenvalue weighted by molar-refractivity contribution is 4.75. The largest absolute Gasteiger partial charge is 0.316 e. The standard InChI is InChI=1S/C14H29N3/c1-16-8-3-4-14(11-16)12-17(2)9-6-13-5-7-15-10-13/h13-15H,3-12H2,1-2H3. The molecule has 0 radical (unpaired) electrons. The Morgan fingerprint density at radius 1 is 1.29 bits per heavy atom. The lowest BCUT2D eigenvalue weighted by Crippen LogP contribution is -2.38. The minimum Gasteiger partial charge on any atom is -0.316 e. The summed E-state index contributed by atoms with van der Waals surface area (Å²) >= 11 is 0. The van der Waals surface area contributed by atoms with Crippen LogP contribution in [-0.2, 0) is 0 Å². The van der Waals surface area contributed by atoms with Gasteiger partial charge in [0, 0.05) is 13.1 Å². The average Bonchev–Trinajstić information content (AvgIpc) is 2.79. The Hall–Kier alpha value is -0.120. The van der Waals surface area contributed by atoms with Gasteiger partial charge in [-0.15, -0.1) is 0 Å². The summed E-state index contributed by atoms with van der Waals surface area (Å²) in [6.45, 7) is 7.67. The molecule has 2 heterocycles. The second-order valence-electron chi connectivity index (χ2n) is 6.18. The number of nitrogens with one attached hydrogen (secondary N) is 1. The molecule has 2 atom stereocenters. The van der Waals surface area contributed by atoms with E-state index in [1.807, 2.05) is 0 Å². The van der Waals surface area contributed by atoms with Crippen LogP contribution in [0.4, 0.5) is 0 Å². The zero-order valence-corrected chi connectivity index (χ0v) is 11.6. The van der Waals surface area contributed by atoms with Crippen molar-refractivity contribution in [3.05, 3.63) is 0 Å². The summed E-state index contributed by atoms with van der Waals surface area (Å²) in [5.41, 5.74) is 0. The van der Waals surface area contributed by atoms with Crippen LogP contribution >= 0.6 is 0 Å². The first-order chi connectivity index (χ1) is 8.24. The van der Waals surface area contributed by atoms with Gasteiger partial charge < -0.3 is 15.1 Å². The quantitative estimate of drug-likeness (QED) is 0.779. The van der Waals surface area contributed by atoms with E-state index < -0.39 is 0 Å². The lowest BCUT2D eigenvalue weighted by atomic mass is 9.97. The van der Waals surface area contributed by atoms with Crippen LogP contribution < -0.4 is 5.32 Å². The van der Waals surface area contributed by atoms with E-state index in [0.717, 1.165) is 11.8 Å². The molecule has 0 saturated carbocycles. The van der Waals surface area contributed by atoms with Gasteiger partial charge >= 0.3 is 0 Å². The molecule has 0 aromatic carbocycles. The van der Waals surface area contributed by atoms with E-state index in [0.29, 0.717) is 0 Å². The van der Waals surface area contributed by atoms with E-state index in [4.69, 9.17) is 0 Å². The number of likely N-dealkylation sites (tertiary alicyclic amines) is 1. The fourth-order valence-electron chi connectivity index (χ4n) is 3.32. The summed E-state index contributed by atoms with van der Waals surface area (Å²) in [6.07, 6.45) is 5.59. The van der Waals surface area contributed by atoms with Crippen molar-refractivity contribution in [1.82, 2.24) is 15.1 Å². The molecule has 0 amide bonds. The predicted molar refractivity (Wildman–Crippen MR) is 73.3 cm³/mol. The lowest BCUT2D eigenvalue weighted by molar-refractivity contribution is 0.163. The first-order valence-corrected chi connectivity index (χ1v) is 7.32. The molecule has 0 spiro atoms. The van der Waals surface area contributed by atoms with Crippen LogP contribution in [0, 0.1) is 11.8 Å². The van der Waals surface area contributed by atoms with Crippen LogP contribution in [0.15, 0.2) is 0 Å². The molecule has 3 heteroatoms. The second-order valence-corrected chi connectivity index (χ2v) is 6.18. The number of hydrogen-bond acceptors (Lipinski definition) is 3. The Balaban J connectivity index is 1.60. The van der Waals surface area contributed by atoms with Gasteiger partial charge in [0.15, 0.2) is 0 Å². The normalized spacial score (nSPS) is 31.2. The molecular formula is C14H29N3. The van der Waals surface area contributed by atoms with Crippen molar-refractivity contribution in [2.75, 3.05) is 53.4 Å². The van der Waals surface area contributed by atoms with Crippen LogP contribution in [0.1, 0.15) is 25.7 Å². The monoisotopic (exact) mass is 239 g/mol. The number of hydrogen-bond donors (Lipinski definition) is 1. The topological polar surface area (TPSA) is 18.5 Å². The minimum atomic E-state index is 0.903. The molecule has 2 fully saturated rings. The third-order valence-electron chi connectivity index (χ3n) is 4.37. The van der Waals surface area contributed by atoms with Gasteiger partial charge in [-0.1, -0.05) is 0 Å². The molecule has 0 aromatic heterocycles. The van der Waals surface area contributed by atoms with Crippen molar-refractivity contribution in [3.63, 3.8) is 0 Å². The highest BCUT2D eigenvalue weighted by Gasteiger charge is 2.19. The molecular weight excluding hydrogens is 210 g/mol. The van der Waals surface area contributed by atoms with E-state index >= 15 is 0 Å². The highest BCUT2D eigenvalue weighted by Crippen LogP contribution is 2.17. The summed E-state index contributed by atoms with van der Waals surface area (Å²) in [4.78, 5) is 5.05. The van der Waals surface area contributed by atoms with Crippen LogP contribution in [0.2, 0.25) is 0 Å². The Labute approximate surface area is 107 Å². The van der Waals surface area contributed by atoms with Crippen LogP contribution in [0.5, 0.6) is 0 Å². The Morgan fingerprint density at radius 2 is 2.18 bits per heavy atom. The summed E-state index contributed by atoms with van der Waals surface area (Å²) in [5.74, 6) is 1.84. The third kappa shape index (κ3) is 4.57. The van der Waals surface area contributed by atoms with Gasteiger partial charge in [0.2, 0.25) is 0 Å². The van der Waals surface area contributed by atoms with Crippen molar-refractivity contribution in [1.29, 1.82) is 0 Å². The SMILES string of the molecule is CN1CCCC(CN(C)CCC2CCNC2)C1. The zero-order valence-electron chi connectivity index (χ0n) is 11.6. The van der Waals surface area contributed by atoms with Crippen LogP contribution in [0.3, 0.4) is 0 Å². The maximum absolute atomic E-state index is 3.46. The molecule has 3 nitrogen and oxygen atoms in total. The fraction of sp³-hybridized carbons (Fsp3) is 1.00. The summed E-state index contributed by atoms with van der Waals surface area (Å²) in [7, 11) is 4.56. The molecule has 0 bridgehead atoms. The minimum absolute atomic E-state index is 0.903. The molecule has 17 heavy (non-hydrogen) atoms. The van der Waals surface area contributed by atoms with E-state index in [-0.39, 0.29) is 0 Å². The maximum atomic E-state index is 3.46. The van der Waals surface area contributed by atoms with Crippen LogP contribution in [-0.4, -0.2) is 63.2 Å². The Kier molecular flexibility index (Phi) is 5.26. The second kappa shape index (κ2) is 6.72. The van der Waals surface area contributed by atoms with Gasteiger partial charge in [0.05, 0.1) is 0 Å². The average molecular weight is 239 g/mol. The number of piperidine rings is 1. The van der Waals surface area contributed by atoms with Gasteiger partial charge in [0.25, 0.3) is 0 Å². The first kappa shape index (κ1) is 13.3. The third-order valence-corrected chi connectivity index (χ3v) is 4.37. The molecule has 2 aliphatic rings. The molecule has 2 rings (SSSR count). The van der Waals surface area contributed by atoms with E-state index in [1.165, 1.54) is 65.0 Å². The Morgan fingerprint density at radius 3 is 2.88 bits per heavy atom. The van der Waals surface area contributed by atoms with Crippen molar-refractivity contribution in [3.8, 4) is 0 Å². The van der Waals surface area contributed by atoms with Gasteiger partial charge in [-0.2, -0.15) is 0 Å². The number of rotatable bonds is 5. The van der Waals surface area contributed by atoms with E-state index in [1.54, 1.807) is 0 Å². The van der Waals surface area contributed by atoms with Crippen molar-refractivity contribution in [2.24, 2.45) is 11.8 Å². The Bertz CT molecular complexity index is 214. The van der Waals surface area contributed by atoms with Crippen LogP contribution in [0.25, 0.3) is 0 Å². The van der Waals surface area contributed by atoms with Gasteiger partial charge in [-0.3, -0.25) is 0 Å². The van der Waals surface area contributed by atoms with Gasteiger partial charge in [-0.25, -0.2) is 0 Å². The van der Waals surface area contributed by atoms with Crippen molar-refractivity contribution in [2.45, 2.75) is 25.7 Å². The summed E-state index contributed by atoms with van der Waals surface area (Å²) < 4.78 is 0. The van der Waals surface area contributed by atoms with E-state index in [2.05, 4.69) is 29.2 Å². The molecule has 0 aromatic rings. The predicted octanol–water partition coefficient (Wildman–Crippen LogP) is 1.26. The first-order valence-electron chi connectivity index (χ1n) is 7.32. The molecule has 100 valence electrons.